The molecule has 20 heavy (non-hydrogen) atoms. The summed E-state index contributed by atoms with van der Waals surface area (Å²) in [4.78, 5) is 11.0. The fourth-order valence-corrected chi connectivity index (χ4v) is 2.20. The number of carbonyl (C=O) groups is 1. The Balaban J connectivity index is 2.22. The molecule has 0 aromatic heterocycles. The highest BCUT2D eigenvalue weighted by molar-refractivity contribution is 9.08. The Kier molecular flexibility index (Phi) is 4.63. The summed E-state index contributed by atoms with van der Waals surface area (Å²) in [5.41, 5.74) is 0.937. The highest BCUT2D eigenvalue weighted by Gasteiger charge is 2.10. The van der Waals surface area contributed by atoms with E-state index in [0.29, 0.717) is 22.4 Å². The molecule has 0 saturated heterocycles. The maximum Gasteiger partial charge on any atom is 0.335 e. The summed E-state index contributed by atoms with van der Waals surface area (Å²) in [6, 6.07) is 12.1. The van der Waals surface area contributed by atoms with Crippen molar-refractivity contribution in [2.75, 3.05) is 7.11 Å². The largest absolute Gasteiger partial charge is 0.497 e. The Morgan fingerprint density at radius 2 is 1.70 bits per heavy atom. The van der Waals surface area contributed by atoms with Crippen LogP contribution in [0.5, 0.6) is 17.2 Å². The van der Waals surface area contributed by atoms with E-state index in [-0.39, 0.29) is 5.56 Å². The van der Waals surface area contributed by atoms with E-state index in [4.69, 9.17) is 14.6 Å². The molecular weight excluding hydrogens is 324 g/mol. The number of carboxylic acids is 1. The van der Waals surface area contributed by atoms with E-state index in [9.17, 15) is 4.79 Å². The Morgan fingerprint density at radius 3 is 2.25 bits per heavy atom. The molecule has 1 N–H and O–H groups in total. The van der Waals surface area contributed by atoms with E-state index in [1.807, 2.05) is 0 Å². The topological polar surface area (TPSA) is 55.8 Å². The van der Waals surface area contributed by atoms with Crippen LogP contribution in [0.4, 0.5) is 0 Å². The number of methoxy groups -OCH3 is 1. The van der Waals surface area contributed by atoms with Crippen LogP contribution < -0.4 is 9.47 Å². The first-order valence-corrected chi connectivity index (χ1v) is 7.00. The molecule has 0 unspecified atom stereocenters. The van der Waals surface area contributed by atoms with Crippen molar-refractivity contribution in [3.8, 4) is 17.2 Å². The van der Waals surface area contributed by atoms with E-state index in [1.54, 1.807) is 43.5 Å². The van der Waals surface area contributed by atoms with Gasteiger partial charge in [0.25, 0.3) is 0 Å². The minimum Gasteiger partial charge on any atom is -0.497 e. The van der Waals surface area contributed by atoms with Crippen molar-refractivity contribution in [2.45, 2.75) is 5.33 Å². The van der Waals surface area contributed by atoms with Gasteiger partial charge >= 0.3 is 5.97 Å². The quantitative estimate of drug-likeness (QED) is 0.836. The molecule has 5 heteroatoms. The molecule has 2 aromatic carbocycles. The normalized spacial score (nSPS) is 10.1. The summed E-state index contributed by atoms with van der Waals surface area (Å²) < 4.78 is 10.8. The van der Waals surface area contributed by atoms with Crippen molar-refractivity contribution in [3.63, 3.8) is 0 Å². The van der Waals surface area contributed by atoms with Gasteiger partial charge in [-0.15, -0.1) is 0 Å². The van der Waals surface area contributed by atoms with Crippen LogP contribution in [0.25, 0.3) is 0 Å². The van der Waals surface area contributed by atoms with Gasteiger partial charge in [-0.2, -0.15) is 0 Å². The molecule has 0 aliphatic carbocycles. The van der Waals surface area contributed by atoms with E-state index in [2.05, 4.69) is 15.9 Å². The Bertz CT molecular complexity index is 608. The van der Waals surface area contributed by atoms with E-state index in [1.165, 1.54) is 6.07 Å². The van der Waals surface area contributed by atoms with Gasteiger partial charge < -0.3 is 14.6 Å². The number of aromatic carboxylic acids is 1. The van der Waals surface area contributed by atoms with Crippen molar-refractivity contribution >= 4 is 21.9 Å². The first kappa shape index (κ1) is 14.4. The second-order valence-corrected chi connectivity index (χ2v) is 4.60. The van der Waals surface area contributed by atoms with Crippen LogP contribution >= 0.6 is 15.9 Å². The van der Waals surface area contributed by atoms with Crippen LogP contribution in [-0.4, -0.2) is 18.2 Å². The highest BCUT2D eigenvalue weighted by atomic mass is 79.9. The van der Waals surface area contributed by atoms with Crippen LogP contribution in [0.1, 0.15) is 15.9 Å². The van der Waals surface area contributed by atoms with Crippen molar-refractivity contribution in [3.05, 3.63) is 53.6 Å². The van der Waals surface area contributed by atoms with Crippen LogP contribution in [-0.2, 0) is 5.33 Å². The molecule has 104 valence electrons. The monoisotopic (exact) mass is 336 g/mol. The molecule has 0 amide bonds. The summed E-state index contributed by atoms with van der Waals surface area (Å²) in [5, 5.41) is 9.51. The molecule has 2 rings (SSSR count). The molecule has 4 nitrogen and oxygen atoms in total. The van der Waals surface area contributed by atoms with E-state index in [0.717, 1.165) is 5.75 Å². The average Bonchev–Trinajstić information content (AvgIpc) is 2.47. The molecule has 0 saturated carbocycles. The molecule has 0 atom stereocenters. The number of carboxylic acid groups (broad SMARTS) is 1. The van der Waals surface area contributed by atoms with Crippen LogP contribution in [0.15, 0.2) is 42.5 Å². The third kappa shape index (κ3) is 3.30. The van der Waals surface area contributed by atoms with Gasteiger partial charge in [0.1, 0.15) is 17.2 Å². The molecule has 0 fully saturated rings. The fraction of sp³-hybridized carbons (Fsp3) is 0.133. The maximum atomic E-state index is 11.0. The van der Waals surface area contributed by atoms with Gasteiger partial charge in [0.05, 0.1) is 12.7 Å². The van der Waals surface area contributed by atoms with Gasteiger partial charge in [-0.3, -0.25) is 0 Å². The van der Waals surface area contributed by atoms with Crippen LogP contribution in [0, 0.1) is 0 Å². The molecule has 0 aliphatic heterocycles. The summed E-state index contributed by atoms with van der Waals surface area (Å²) in [6.45, 7) is 0. The molecule has 0 aliphatic rings. The second kappa shape index (κ2) is 6.43. The maximum absolute atomic E-state index is 11.0. The molecular formula is C15H13BrO4. The highest BCUT2D eigenvalue weighted by Crippen LogP contribution is 2.26. The number of rotatable bonds is 5. The van der Waals surface area contributed by atoms with Gasteiger partial charge in [-0.25, -0.2) is 4.79 Å². The Labute approximate surface area is 125 Å². The zero-order chi connectivity index (χ0) is 14.5. The zero-order valence-corrected chi connectivity index (χ0v) is 12.4. The predicted molar refractivity (Wildman–Crippen MR) is 79.1 cm³/mol. The lowest BCUT2D eigenvalue weighted by atomic mass is 10.1. The third-order valence-corrected chi connectivity index (χ3v) is 3.35. The molecule has 0 bridgehead atoms. The summed E-state index contributed by atoms with van der Waals surface area (Å²) >= 11 is 3.28. The molecule has 0 spiro atoms. The molecule has 0 heterocycles. The minimum atomic E-state index is -0.949. The second-order valence-electron chi connectivity index (χ2n) is 4.04. The predicted octanol–water partition coefficient (Wildman–Crippen LogP) is 4.08. The van der Waals surface area contributed by atoms with Crippen molar-refractivity contribution in [1.29, 1.82) is 0 Å². The Hall–Kier alpha value is -2.01. The summed E-state index contributed by atoms with van der Waals surface area (Å²) in [6.07, 6.45) is 0. The number of benzene rings is 2. The third-order valence-electron chi connectivity index (χ3n) is 2.75. The first-order chi connectivity index (χ1) is 9.63. The van der Waals surface area contributed by atoms with Crippen molar-refractivity contribution < 1.29 is 19.4 Å². The zero-order valence-electron chi connectivity index (χ0n) is 10.8. The summed E-state index contributed by atoms with van der Waals surface area (Å²) in [5.74, 6) is 1.05. The summed E-state index contributed by atoms with van der Waals surface area (Å²) in [7, 11) is 1.60. The van der Waals surface area contributed by atoms with Crippen molar-refractivity contribution in [1.82, 2.24) is 0 Å². The van der Waals surface area contributed by atoms with Gasteiger partial charge in [0, 0.05) is 5.33 Å². The van der Waals surface area contributed by atoms with Gasteiger partial charge in [0.15, 0.2) is 0 Å². The smallest absolute Gasteiger partial charge is 0.335 e. The van der Waals surface area contributed by atoms with Crippen molar-refractivity contribution in [2.24, 2.45) is 0 Å². The van der Waals surface area contributed by atoms with Gasteiger partial charge in [-0.05, 0) is 48.0 Å². The molecule has 2 aromatic rings. The lowest BCUT2D eigenvalue weighted by molar-refractivity contribution is 0.0696. The standard InChI is InChI=1S/C15H13BrO4/c1-19-11-2-4-12(5-3-11)20-13-6-7-14(15(17)18)10(8-13)9-16/h2-8H,9H2,1H3,(H,17,18). The fourth-order valence-electron chi connectivity index (χ4n) is 1.73. The van der Waals surface area contributed by atoms with Crippen LogP contribution in [0.3, 0.4) is 0 Å². The van der Waals surface area contributed by atoms with E-state index < -0.39 is 5.97 Å². The number of hydrogen-bond donors (Lipinski definition) is 1. The van der Waals surface area contributed by atoms with E-state index >= 15 is 0 Å². The average molecular weight is 337 g/mol. The first-order valence-electron chi connectivity index (χ1n) is 5.88. The lowest BCUT2D eigenvalue weighted by Crippen LogP contribution is -2.01. The lowest BCUT2D eigenvalue weighted by Gasteiger charge is -2.09. The SMILES string of the molecule is COc1ccc(Oc2ccc(C(=O)O)c(CBr)c2)cc1. The number of hydrogen-bond acceptors (Lipinski definition) is 3. The van der Waals surface area contributed by atoms with Crippen LogP contribution in [0.2, 0.25) is 0 Å². The number of alkyl halides is 1. The number of ether oxygens (including phenoxy) is 2. The number of halogens is 1. The molecule has 0 radical (unpaired) electrons. The van der Waals surface area contributed by atoms with Gasteiger partial charge in [0.2, 0.25) is 0 Å². The van der Waals surface area contributed by atoms with Gasteiger partial charge in [-0.1, -0.05) is 15.9 Å². The Morgan fingerprint density at radius 1 is 1.10 bits per heavy atom. The minimum absolute atomic E-state index is 0.268.